The van der Waals surface area contributed by atoms with Gasteiger partial charge in [0.15, 0.2) is 5.03 Å². The Kier molecular flexibility index (Phi) is 3.96. The van der Waals surface area contributed by atoms with Crippen molar-refractivity contribution in [1.82, 2.24) is 5.43 Å². The summed E-state index contributed by atoms with van der Waals surface area (Å²) >= 11 is 0. The molecule has 1 aromatic rings. The third kappa shape index (κ3) is 3.74. The second kappa shape index (κ2) is 5.44. The summed E-state index contributed by atoms with van der Waals surface area (Å²) < 4.78 is 0. The Morgan fingerprint density at radius 3 is 2.56 bits per heavy atom. The molecule has 0 bridgehead atoms. The van der Waals surface area contributed by atoms with Crippen molar-refractivity contribution < 1.29 is 5.03 Å². The van der Waals surface area contributed by atoms with Crippen molar-refractivity contribution in [3.63, 3.8) is 0 Å². The van der Waals surface area contributed by atoms with Gasteiger partial charge in [0.05, 0.1) is 5.71 Å². The van der Waals surface area contributed by atoms with Crippen LogP contribution in [0.2, 0.25) is 0 Å². The van der Waals surface area contributed by atoms with Crippen LogP contribution in [0.15, 0.2) is 40.5 Å². The first-order valence-electron chi connectivity index (χ1n) is 4.44. The number of nitrogens with zero attached hydrogens (tertiary/aromatic N) is 3. The van der Waals surface area contributed by atoms with Crippen LogP contribution in [0, 0.1) is 10.1 Å². The maximum absolute atomic E-state index is 10.0. The molecule has 0 aliphatic carbocycles. The van der Waals surface area contributed by atoms with Crippen LogP contribution in [0.3, 0.4) is 0 Å². The van der Waals surface area contributed by atoms with Crippen LogP contribution in [-0.2, 0) is 0 Å². The molecule has 0 amide bonds. The van der Waals surface area contributed by atoms with Crippen LogP contribution >= 0.6 is 0 Å². The maximum atomic E-state index is 10.0. The van der Waals surface area contributed by atoms with Gasteiger partial charge in [-0.3, -0.25) is 0 Å². The number of hydrazine groups is 1. The average Bonchev–Trinajstić information content (AvgIpc) is 2.26. The number of guanidine groups is 1. The van der Waals surface area contributed by atoms with Crippen molar-refractivity contribution in [2.75, 3.05) is 0 Å². The van der Waals surface area contributed by atoms with Crippen molar-refractivity contribution in [1.29, 1.82) is 0 Å². The second-order valence-corrected chi connectivity index (χ2v) is 2.91. The van der Waals surface area contributed by atoms with Gasteiger partial charge in [0, 0.05) is 0 Å². The molecule has 0 aliphatic rings. The molecule has 84 valence electrons. The van der Waals surface area contributed by atoms with Crippen LogP contribution < -0.4 is 11.2 Å². The summed E-state index contributed by atoms with van der Waals surface area (Å²) in [5.74, 6) is -0.361. The van der Waals surface area contributed by atoms with Gasteiger partial charge >= 0.3 is 0 Å². The van der Waals surface area contributed by atoms with E-state index in [0.29, 0.717) is 5.71 Å². The number of nitrogens with two attached hydrogens (primary N) is 1. The monoisotopic (exact) mass is 221 g/mol. The average molecular weight is 221 g/mol. The molecular formula is C9H11N5O2. The Morgan fingerprint density at radius 1 is 1.38 bits per heavy atom. The summed E-state index contributed by atoms with van der Waals surface area (Å²) in [6.45, 7) is 1.73. The number of hydrogen-bond donors (Lipinski definition) is 2. The fourth-order valence-corrected chi connectivity index (χ4v) is 0.982. The smallest absolute Gasteiger partial charge is 0.275 e. The van der Waals surface area contributed by atoms with Gasteiger partial charge in [0.1, 0.15) is 0 Å². The summed E-state index contributed by atoms with van der Waals surface area (Å²) in [6.07, 6.45) is 0. The van der Waals surface area contributed by atoms with E-state index in [1.807, 2.05) is 30.3 Å². The standard InChI is InChI=1S/C9H11N5O2/c1-7(8-5-3-2-4-6-8)11-12-9(10)13-14(15)16/h2-6H,1H3,(H3,10,12,13)/b11-7+. The first-order chi connectivity index (χ1) is 7.59. The molecule has 7 nitrogen and oxygen atoms in total. The van der Waals surface area contributed by atoms with Gasteiger partial charge < -0.3 is 5.73 Å². The Balaban J connectivity index is 2.75. The minimum absolute atomic E-state index is 0.361. The zero-order valence-electron chi connectivity index (χ0n) is 8.62. The topological polar surface area (TPSA) is 106 Å². The third-order valence-corrected chi connectivity index (χ3v) is 1.71. The largest absolute Gasteiger partial charge is 0.364 e. The molecule has 7 heteroatoms. The predicted molar refractivity (Wildman–Crippen MR) is 60.4 cm³/mol. The highest BCUT2D eigenvalue weighted by molar-refractivity contribution is 5.98. The summed E-state index contributed by atoms with van der Waals surface area (Å²) in [4.78, 5) is 10.0. The molecule has 1 rings (SSSR count). The van der Waals surface area contributed by atoms with Crippen molar-refractivity contribution in [2.45, 2.75) is 6.92 Å². The maximum Gasteiger partial charge on any atom is 0.275 e. The molecule has 0 heterocycles. The van der Waals surface area contributed by atoms with Gasteiger partial charge in [0.25, 0.3) is 5.96 Å². The van der Waals surface area contributed by atoms with E-state index in [0.717, 1.165) is 5.56 Å². The molecule has 3 N–H and O–H groups in total. The number of benzene rings is 1. The molecule has 1 aromatic carbocycles. The lowest BCUT2D eigenvalue weighted by Gasteiger charge is -1.97. The van der Waals surface area contributed by atoms with Gasteiger partial charge in [0.2, 0.25) is 0 Å². The van der Waals surface area contributed by atoms with E-state index in [1.54, 1.807) is 12.3 Å². The molecule has 0 fully saturated rings. The van der Waals surface area contributed by atoms with Crippen molar-refractivity contribution in [3.8, 4) is 0 Å². The van der Waals surface area contributed by atoms with E-state index in [4.69, 9.17) is 5.73 Å². The minimum Gasteiger partial charge on any atom is -0.364 e. The molecule has 0 saturated carbocycles. The molecule has 0 spiro atoms. The van der Waals surface area contributed by atoms with Crippen LogP contribution in [0.4, 0.5) is 0 Å². The minimum atomic E-state index is -0.799. The van der Waals surface area contributed by atoms with Gasteiger partial charge in [-0.25, -0.2) is 10.1 Å². The Bertz CT molecular complexity index is 427. The molecule has 0 aliphatic heterocycles. The molecule has 0 radical (unpaired) electrons. The van der Waals surface area contributed by atoms with E-state index in [-0.39, 0.29) is 5.96 Å². The first-order valence-corrected chi connectivity index (χ1v) is 4.44. The third-order valence-electron chi connectivity index (χ3n) is 1.71. The molecule has 0 unspecified atom stereocenters. The Labute approximate surface area is 91.8 Å². The second-order valence-electron chi connectivity index (χ2n) is 2.91. The van der Waals surface area contributed by atoms with Gasteiger partial charge in [-0.05, 0) is 12.5 Å². The van der Waals surface area contributed by atoms with Gasteiger partial charge in [-0.1, -0.05) is 35.8 Å². The predicted octanol–water partition coefficient (Wildman–Crippen LogP) is 0.507. The fourth-order valence-electron chi connectivity index (χ4n) is 0.982. The van der Waals surface area contributed by atoms with E-state index in [1.165, 1.54) is 0 Å². The van der Waals surface area contributed by atoms with Crippen LogP contribution in [0.1, 0.15) is 12.5 Å². The van der Waals surface area contributed by atoms with Crippen LogP contribution in [0.5, 0.6) is 0 Å². The quantitative estimate of drug-likeness (QED) is 0.335. The number of nitrogens with one attached hydrogen (secondary N) is 1. The van der Waals surface area contributed by atoms with E-state index in [2.05, 4.69) is 10.2 Å². The highest BCUT2D eigenvalue weighted by atomic mass is 16.7. The lowest BCUT2D eigenvalue weighted by Crippen LogP contribution is -2.35. The zero-order valence-corrected chi connectivity index (χ0v) is 8.62. The number of hydrogen-bond acceptors (Lipinski definition) is 4. The first kappa shape index (κ1) is 11.6. The Hall–Kier alpha value is -2.44. The highest BCUT2D eigenvalue weighted by Gasteiger charge is 1.98. The van der Waals surface area contributed by atoms with E-state index >= 15 is 0 Å². The van der Waals surface area contributed by atoms with E-state index < -0.39 is 5.03 Å². The van der Waals surface area contributed by atoms with E-state index in [9.17, 15) is 10.1 Å². The SMILES string of the molecule is C/C(=N\N=C(/N)N[N+](=O)[O-])c1ccccc1. The fraction of sp³-hybridized carbons (Fsp3) is 0.111. The molecule has 0 atom stereocenters. The van der Waals surface area contributed by atoms with Gasteiger partial charge in [-0.15, -0.1) is 5.10 Å². The van der Waals surface area contributed by atoms with Crippen molar-refractivity contribution in [3.05, 3.63) is 46.0 Å². The van der Waals surface area contributed by atoms with Crippen LogP contribution in [-0.4, -0.2) is 16.7 Å². The summed E-state index contributed by atoms with van der Waals surface area (Å²) in [7, 11) is 0. The van der Waals surface area contributed by atoms with Crippen molar-refractivity contribution >= 4 is 11.7 Å². The molecule has 0 saturated heterocycles. The summed E-state index contributed by atoms with van der Waals surface area (Å²) in [5.41, 5.74) is 8.38. The summed E-state index contributed by atoms with van der Waals surface area (Å²) in [6, 6.07) is 9.30. The van der Waals surface area contributed by atoms with Crippen LogP contribution in [0.25, 0.3) is 0 Å². The molecule has 0 aromatic heterocycles. The molecule has 16 heavy (non-hydrogen) atoms. The summed E-state index contributed by atoms with van der Waals surface area (Å²) in [5, 5.41) is 16.4. The lowest BCUT2D eigenvalue weighted by atomic mass is 10.1. The van der Waals surface area contributed by atoms with Gasteiger partial charge in [-0.2, -0.15) is 5.10 Å². The normalized spacial score (nSPS) is 12.3. The number of rotatable bonds is 3. The molecular weight excluding hydrogens is 210 g/mol. The Morgan fingerprint density at radius 2 is 2.00 bits per heavy atom. The zero-order chi connectivity index (χ0) is 12.0. The van der Waals surface area contributed by atoms with Crippen molar-refractivity contribution in [2.24, 2.45) is 15.9 Å². The lowest BCUT2D eigenvalue weighted by molar-refractivity contribution is -0.525. The number of nitro groups is 1. The highest BCUT2D eigenvalue weighted by Crippen LogP contribution is 2.00.